The van der Waals surface area contributed by atoms with Crippen LogP contribution in [0.25, 0.3) is 5.76 Å². The van der Waals surface area contributed by atoms with Gasteiger partial charge in [0.05, 0.1) is 18.7 Å². The molecule has 1 aliphatic heterocycles. The Morgan fingerprint density at radius 1 is 0.933 bits per heavy atom. The standard InChI is InChI=1S/C24H18FNO4/c1-30-17-13-11-16(12-14-17)26-21(18-9-5-6-10-19(18)25)20(23(28)24(26)29)22(27)15-7-3-2-4-8-15/h2-14,21,27H,1H3/b22-20-. The number of methoxy groups -OCH3 is 1. The minimum absolute atomic E-state index is 0.116. The molecule has 3 aromatic carbocycles. The van der Waals surface area contributed by atoms with Gasteiger partial charge in [-0.05, 0) is 30.3 Å². The number of ether oxygens (including phenoxy) is 1. The van der Waals surface area contributed by atoms with Crippen LogP contribution in [0, 0.1) is 5.82 Å². The van der Waals surface area contributed by atoms with E-state index in [-0.39, 0.29) is 16.9 Å². The Morgan fingerprint density at radius 2 is 1.57 bits per heavy atom. The van der Waals surface area contributed by atoms with E-state index in [1.54, 1.807) is 60.7 Å². The summed E-state index contributed by atoms with van der Waals surface area (Å²) >= 11 is 0. The third-order valence-electron chi connectivity index (χ3n) is 5.04. The van der Waals surface area contributed by atoms with Crippen molar-refractivity contribution < 1.29 is 23.8 Å². The summed E-state index contributed by atoms with van der Waals surface area (Å²) in [6.07, 6.45) is 0. The molecule has 1 N–H and O–H groups in total. The second-order valence-electron chi connectivity index (χ2n) is 6.75. The average Bonchev–Trinajstić information content (AvgIpc) is 3.04. The van der Waals surface area contributed by atoms with E-state index in [1.807, 2.05) is 0 Å². The number of hydrogen-bond acceptors (Lipinski definition) is 4. The SMILES string of the molecule is COc1ccc(N2C(=O)C(=O)/C(=C(\O)c3ccccc3)C2c2ccccc2F)cc1. The van der Waals surface area contributed by atoms with Gasteiger partial charge in [-0.15, -0.1) is 0 Å². The molecule has 0 bridgehead atoms. The molecule has 1 atom stereocenters. The monoisotopic (exact) mass is 403 g/mol. The number of benzene rings is 3. The lowest BCUT2D eigenvalue weighted by molar-refractivity contribution is -0.132. The summed E-state index contributed by atoms with van der Waals surface area (Å²) in [7, 11) is 1.51. The van der Waals surface area contributed by atoms with Crippen LogP contribution in [0.3, 0.4) is 0 Å². The zero-order valence-electron chi connectivity index (χ0n) is 16.1. The molecule has 3 aromatic rings. The number of carbonyl (C=O) groups excluding carboxylic acids is 2. The predicted octanol–water partition coefficient (Wildman–Crippen LogP) is 4.46. The first-order chi connectivity index (χ1) is 14.5. The summed E-state index contributed by atoms with van der Waals surface area (Å²) in [5, 5.41) is 10.9. The summed E-state index contributed by atoms with van der Waals surface area (Å²) in [6, 6.07) is 19.7. The Hall–Kier alpha value is -3.93. The molecule has 1 heterocycles. The van der Waals surface area contributed by atoms with Crippen molar-refractivity contribution in [3.8, 4) is 5.75 Å². The Kier molecular flexibility index (Phi) is 5.06. The van der Waals surface area contributed by atoms with E-state index in [0.717, 1.165) is 0 Å². The fraction of sp³-hybridized carbons (Fsp3) is 0.0833. The Bertz CT molecular complexity index is 1140. The molecular weight excluding hydrogens is 385 g/mol. The molecule has 0 aromatic heterocycles. The van der Waals surface area contributed by atoms with Crippen LogP contribution in [0.1, 0.15) is 17.2 Å². The number of carbonyl (C=O) groups is 2. The lowest BCUT2D eigenvalue weighted by atomic mass is 9.94. The second kappa shape index (κ2) is 7.83. The van der Waals surface area contributed by atoms with Gasteiger partial charge in [-0.3, -0.25) is 14.5 Å². The van der Waals surface area contributed by atoms with Crippen LogP contribution in [0.15, 0.2) is 84.4 Å². The molecule has 1 fully saturated rings. The smallest absolute Gasteiger partial charge is 0.300 e. The Morgan fingerprint density at radius 3 is 2.20 bits per heavy atom. The van der Waals surface area contributed by atoms with Crippen LogP contribution in [0.5, 0.6) is 5.75 Å². The summed E-state index contributed by atoms with van der Waals surface area (Å²) in [5.41, 5.74) is 0.710. The molecule has 30 heavy (non-hydrogen) atoms. The van der Waals surface area contributed by atoms with E-state index in [9.17, 15) is 19.1 Å². The Balaban J connectivity index is 1.95. The van der Waals surface area contributed by atoms with Gasteiger partial charge in [0.1, 0.15) is 17.3 Å². The number of nitrogens with zero attached hydrogens (tertiary/aromatic N) is 1. The highest BCUT2D eigenvalue weighted by Crippen LogP contribution is 2.43. The first kappa shape index (κ1) is 19.4. The van der Waals surface area contributed by atoms with Crippen molar-refractivity contribution in [1.29, 1.82) is 0 Å². The number of hydrogen-bond donors (Lipinski definition) is 1. The van der Waals surface area contributed by atoms with Gasteiger partial charge < -0.3 is 9.84 Å². The number of amides is 1. The fourth-order valence-corrected chi connectivity index (χ4v) is 3.58. The largest absolute Gasteiger partial charge is 0.507 e. The molecule has 0 spiro atoms. The highest BCUT2D eigenvalue weighted by Gasteiger charge is 2.47. The van der Waals surface area contributed by atoms with Crippen molar-refractivity contribution in [3.05, 3.63) is 101 Å². The van der Waals surface area contributed by atoms with Crippen LogP contribution in [0.4, 0.5) is 10.1 Å². The first-order valence-corrected chi connectivity index (χ1v) is 9.28. The van der Waals surface area contributed by atoms with Crippen LogP contribution < -0.4 is 9.64 Å². The maximum Gasteiger partial charge on any atom is 0.300 e. The second-order valence-corrected chi connectivity index (χ2v) is 6.75. The molecule has 0 aliphatic carbocycles. The molecule has 5 nitrogen and oxygen atoms in total. The quantitative estimate of drug-likeness (QED) is 0.397. The molecule has 0 saturated carbocycles. The highest BCUT2D eigenvalue weighted by atomic mass is 19.1. The van der Waals surface area contributed by atoms with Gasteiger partial charge in [-0.1, -0.05) is 48.5 Å². The maximum atomic E-state index is 14.8. The first-order valence-electron chi connectivity index (χ1n) is 9.28. The third-order valence-corrected chi connectivity index (χ3v) is 5.04. The van der Waals surface area contributed by atoms with Gasteiger partial charge in [-0.25, -0.2) is 4.39 Å². The van der Waals surface area contributed by atoms with E-state index < -0.39 is 23.5 Å². The zero-order valence-corrected chi connectivity index (χ0v) is 16.1. The van der Waals surface area contributed by atoms with Crippen LogP contribution in [-0.2, 0) is 9.59 Å². The molecule has 150 valence electrons. The minimum Gasteiger partial charge on any atom is -0.507 e. The van der Waals surface area contributed by atoms with Gasteiger partial charge in [0.25, 0.3) is 11.7 Å². The molecule has 1 unspecified atom stereocenters. The number of rotatable bonds is 4. The molecule has 1 amide bonds. The summed E-state index contributed by atoms with van der Waals surface area (Å²) in [4.78, 5) is 27.1. The highest BCUT2D eigenvalue weighted by molar-refractivity contribution is 6.51. The van der Waals surface area contributed by atoms with E-state index in [0.29, 0.717) is 17.0 Å². The minimum atomic E-state index is -1.11. The third kappa shape index (κ3) is 3.22. The topological polar surface area (TPSA) is 66.8 Å². The zero-order chi connectivity index (χ0) is 21.3. The number of aliphatic hydroxyl groups excluding tert-OH is 1. The Labute approximate surface area is 172 Å². The number of halogens is 1. The van der Waals surface area contributed by atoms with Crippen molar-refractivity contribution in [2.75, 3.05) is 12.0 Å². The van der Waals surface area contributed by atoms with Crippen LogP contribution in [0.2, 0.25) is 0 Å². The van der Waals surface area contributed by atoms with Crippen LogP contribution in [-0.4, -0.2) is 23.9 Å². The van der Waals surface area contributed by atoms with Crippen molar-refractivity contribution in [2.24, 2.45) is 0 Å². The molecule has 1 aliphatic rings. The van der Waals surface area contributed by atoms with Gasteiger partial charge in [0.2, 0.25) is 0 Å². The summed E-state index contributed by atoms with van der Waals surface area (Å²) < 4.78 is 19.9. The summed E-state index contributed by atoms with van der Waals surface area (Å²) in [6.45, 7) is 0. The number of anilines is 1. The normalized spacial score (nSPS) is 17.9. The van der Waals surface area contributed by atoms with E-state index in [4.69, 9.17) is 4.74 Å². The molecule has 4 rings (SSSR count). The predicted molar refractivity (Wildman–Crippen MR) is 111 cm³/mol. The van der Waals surface area contributed by atoms with E-state index in [1.165, 1.54) is 30.2 Å². The number of ketones is 1. The van der Waals surface area contributed by atoms with Crippen molar-refractivity contribution in [1.82, 2.24) is 0 Å². The van der Waals surface area contributed by atoms with E-state index >= 15 is 0 Å². The molecule has 0 radical (unpaired) electrons. The number of aliphatic hydroxyl groups is 1. The maximum absolute atomic E-state index is 14.8. The number of Topliss-reactive ketones (excluding diaryl/α,β-unsaturated/α-hetero) is 1. The average molecular weight is 403 g/mol. The van der Waals surface area contributed by atoms with Crippen LogP contribution >= 0.6 is 0 Å². The van der Waals surface area contributed by atoms with Crippen molar-refractivity contribution in [3.63, 3.8) is 0 Å². The molecular formula is C24H18FNO4. The lowest BCUT2D eigenvalue weighted by Crippen LogP contribution is -2.29. The van der Waals surface area contributed by atoms with Gasteiger partial charge in [-0.2, -0.15) is 0 Å². The fourth-order valence-electron chi connectivity index (χ4n) is 3.58. The summed E-state index contributed by atoms with van der Waals surface area (Å²) in [5.74, 6) is -2.08. The van der Waals surface area contributed by atoms with Crippen molar-refractivity contribution in [2.45, 2.75) is 6.04 Å². The molecule has 6 heteroatoms. The van der Waals surface area contributed by atoms with Crippen molar-refractivity contribution >= 4 is 23.1 Å². The lowest BCUT2D eigenvalue weighted by Gasteiger charge is -2.25. The van der Waals surface area contributed by atoms with E-state index in [2.05, 4.69) is 0 Å². The van der Waals surface area contributed by atoms with Gasteiger partial charge in [0, 0.05) is 16.8 Å². The molecule has 1 saturated heterocycles. The van der Waals surface area contributed by atoms with Gasteiger partial charge >= 0.3 is 0 Å². The van der Waals surface area contributed by atoms with Gasteiger partial charge in [0.15, 0.2) is 0 Å².